The number of ether oxygens (including phenoxy) is 1. The van der Waals surface area contributed by atoms with Gasteiger partial charge in [0, 0.05) is 31.2 Å². The first-order chi connectivity index (χ1) is 8.79. The third-order valence-corrected chi connectivity index (χ3v) is 2.39. The Kier molecular flexibility index (Phi) is 3.86. The molecule has 0 unspecified atom stereocenters. The molecule has 2 heterocycles. The third kappa shape index (κ3) is 3.04. The van der Waals surface area contributed by atoms with E-state index in [9.17, 15) is 4.79 Å². The van der Waals surface area contributed by atoms with Gasteiger partial charge in [0.25, 0.3) is 5.91 Å². The number of methoxy groups -OCH3 is 1. The number of nitrogens with zero attached hydrogens (tertiary/aromatic N) is 2. The van der Waals surface area contributed by atoms with Crippen LogP contribution in [0.3, 0.4) is 0 Å². The molecule has 0 fully saturated rings. The Morgan fingerprint density at radius 2 is 2.28 bits per heavy atom. The van der Waals surface area contributed by atoms with Gasteiger partial charge in [0.05, 0.1) is 12.7 Å². The van der Waals surface area contributed by atoms with Crippen molar-refractivity contribution in [1.82, 2.24) is 15.3 Å². The van der Waals surface area contributed by atoms with Crippen LogP contribution in [0.2, 0.25) is 0 Å². The van der Waals surface area contributed by atoms with E-state index in [1.54, 1.807) is 37.7 Å². The van der Waals surface area contributed by atoms with Crippen LogP contribution >= 0.6 is 0 Å². The molecule has 0 atom stereocenters. The van der Waals surface area contributed by atoms with Gasteiger partial charge in [-0.05, 0) is 23.8 Å². The minimum atomic E-state index is -0.154. The molecule has 0 aromatic carbocycles. The molecule has 2 rings (SSSR count). The van der Waals surface area contributed by atoms with Crippen LogP contribution in [0, 0.1) is 0 Å². The molecular weight excluding hydrogens is 230 g/mol. The van der Waals surface area contributed by atoms with Gasteiger partial charge in [-0.15, -0.1) is 0 Å². The highest BCUT2D eigenvalue weighted by molar-refractivity contribution is 5.93. The van der Waals surface area contributed by atoms with Crippen LogP contribution in [0.1, 0.15) is 15.9 Å². The van der Waals surface area contributed by atoms with Gasteiger partial charge >= 0.3 is 0 Å². The molecule has 2 aromatic heterocycles. The van der Waals surface area contributed by atoms with Crippen molar-refractivity contribution in [1.29, 1.82) is 0 Å². The molecule has 5 nitrogen and oxygen atoms in total. The highest BCUT2D eigenvalue weighted by Gasteiger charge is 2.05. The van der Waals surface area contributed by atoms with E-state index < -0.39 is 0 Å². The number of hydrogen-bond donors (Lipinski definition) is 1. The fraction of sp³-hybridized carbons (Fsp3) is 0.154. The molecule has 0 saturated carbocycles. The largest absolute Gasteiger partial charge is 0.481 e. The van der Waals surface area contributed by atoms with Gasteiger partial charge in [-0.2, -0.15) is 0 Å². The first kappa shape index (κ1) is 12.0. The van der Waals surface area contributed by atoms with Crippen LogP contribution in [0.15, 0.2) is 42.9 Å². The number of carbonyl (C=O) groups excluding carboxylic acids is 1. The van der Waals surface area contributed by atoms with Crippen LogP contribution in [0.5, 0.6) is 5.88 Å². The summed E-state index contributed by atoms with van der Waals surface area (Å²) in [4.78, 5) is 19.7. The van der Waals surface area contributed by atoms with Gasteiger partial charge in [-0.3, -0.25) is 9.78 Å². The van der Waals surface area contributed by atoms with Crippen LogP contribution in [0.4, 0.5) is 0 Å². The second kappa shape index (κ2) is 5.77. The first-order valence-electron chi connectivity index (χ1n) is 5.47. The summed E-state index contributed by atoms with van der Waals surface area (Å²) in [6.07, 6.45) is 4.80. The molecule has 0 radical (unpaired) electrons. The lowest BCUT2D eigenvalue weighted by Crippen LogP contribution is -2.22. The van der Waals surface area contributed by atoms with E-state index in [0.29, 0.717) is 18.0 Å². The van der Waals surface area contributed by atoms with Crippen molar-refractivity contribution >= 4 is 5.91 Å². The minimum Gasteiger partial charge on any atom is -0.481 e. The Hall–Kier alpha value is -2.43. The van der Waals surface area contributed by atoms with E-state index in [-0.39, 0.29) is 5.91 Å². The molecule has 92 valence electrons. The smallest absolute Gasteiger partial charge is 0.253 e. The summed E-state index contributed by atoms with van der Waals surface area (Å²) in [6, 6.07) is 7.05. The summed E-state index contributed by atoms with van der Waals surface area (Å²) >= 11 is 0. The van der Waals surface area contributed by atoms with E-state index in [2.05, 4.69) is 15.3 Å². The van der Waals surface area contributed by atoms with E-state index >= 15 is 0 Å². The number of carbonyl (C=O) groups is 1. The van der Waals surface area contributed by atoms with Crippen LogP contribution in [-0.4, -0.2) is 23.0 Å². The van der Waals surface area contributed by atoms with Crippen molar-refractivity contribution in [3.8, 4) is 5.88 Å². The maximum Gasteiger partial charge on any atom is 0.253 e. The van der Waals surface area contributed by atoms with Crippen molar-refractivity contribution in [2.75, 3.05) is 7.11 Å². The van der Waals surface area contributed by atoms with E-state index in [1.165, 1.54) is 6.20 Å². The summed E-state index contributed by atoms with van der Waals surface area (Å²) in [7, 11) is 1.56. The monoisotopic (exact) mass is 243 g/mol. The van der Waals surface area contributed by atoms with Crippen LogP contribution in [0.25, 0.3) is 0 Å². The lowest BCUT2D eigenvalue weighted by Gasteiger charge is -2.06. The maximum atomic E-state index is 11.8. The molecule has 0 spiro atoms. The maximum absolute atomic E-state index is 11.8. The molecule has 0 aliphatic heterocycles. The summed E-state index contributed by atoms with van der Waals surface area (Å²) in [5.41, 5.74) is 1.47. The number of nitrogens with one attached hydrogen (secondary N) is 1. The second-order valence-corrected chi connectivity index (χ2v) is 3.63. The molecule has 1 amide bonds. The Morgan fingerprint density at radius 3 is 3.00 bits per heavy atom. The SMILES string of the molecule is COc1cc(CNC(=O)c2cccnc2)ccn1. The Bertz CT molecular complexity index is 529. The van der Waals surface area contributed by atoms with E-state index in [4.69, 9.17) is 4.74 Å². The predicted octanol–water partition coefficient (Wildman–Crippen LogP) is 1.42. The van der Waals surface area contributed by atoms with Crippen molar-refractivity contribution in [3.05, 3.63) is 54.0 Å². The fourth-order valence-electron chi connectivity index (χ4n) is 1.45. The molecule has 18 heavy (non-hydrogen) atoms. The zero-order chi connectivity index (χ0) is 12.8. The summed E-state index contributed by atoms with van der Waals surface area (Å²) in [5, 5.41) is 2.80. The molecule has 0 aliphatic rings. The standard InChI is InChI=1S/C13H13N3O2/c1-18-12-7-10(4-6-15-12)8-16-13(17)11-3-2-5-14-9-11/h2-7,9H,8H2,1H3,(H,16,17). The highest BCUT2D eigenvalue weighted by Crippen LogP contribution is 2.08. The third-order valence-electron chi connectivity index (χ3n) is 2.39. The number of aromatic nitrogens is 2. The van der Waals surface area contributed by atoms with Crippen LogP contribution in [-0.2, 0) is 6.54 Å². The minimum absolute atomic E-state index is 0.154. The Balaban J connectivity index is 1.97. The van der Waals surface area contributed by atoms with Gasteiger partial charge < -0.3 is 10.1 Å². The molecule has 2 aromatic rings. The number of amides is 1. The Labute approximate surface area is 105 Å². The average Bonchev–Trinajstić information content (AvgIpc) is 2.46. The van der Waals surface area contributed by atoms with Gasteiger partial charge in [-0.1, -0.05) is 0 Å². The highest BCUT2D eigenvalue weighted by atomic mass is 16.5. The van der Waals surface area contributed by atoms with Crippen molar-refractivity contribution in [2.45, 2.75) is 6.54 Å². The summed E-state index contributed by atoms with van der Waals surface area (Å²) < 4.78 is 5.01. The predicted molar refractivity (Wildman–Crippen MR) is 66.2 cm³/mol. The number of hydrogen-bond acceptors (Lipinski definition) is 4. The summed E-state index contributed by atoms with van der Waals surface area (Å²) in [6.45, 7) is 0.423. The number of pyridine rings is 2. The lowest BCUT2D eigenvalue weighted by molar-refractivity contribution is 0.0950. The number of rotatable bonds is 4. The van der Waals surface area contributed by atoms with E-state index in [1.807, 2.05) is 6.07 Å². The van der Waals surface area contributed by atoms with Crippen LogP contribution < -0.4 is 10.1 Å². The molecule has 0 saturated heterocycles. The molecule has 1 N–H and O–H groups in total. The van der Waals surface area contributed by atoms with Crippen molar-refractivity contribution < 1.29 is 9.53 Å². The first-order valence-corrected chi connectivity index (χ1v) is 5.47. The topological polar surface area (TPSA) is 64.1 Å². The molecule has 0 bridgehead atoms. The normalized spacial score (nSPS) is 9.83. The van der Waals surface area contributed by atoms with Gasteiger partial charge in [0.2, 0.25) is 5.88 Å². The average molecular weight is 243 g/mol. The fourth-order valence-corrected chi connectivity index (χ4v) is 1.45. The Morgan fingerprint density at radius 1 is 1.39 bits per heavy atom. The zero-order valence-electron chi connectivity index (χ0n) is 9.96. The second-order valence-electron chi connectivity index (χ2n) is 3.63. The summed E-state index contributed by atoms with van der Waals surface area (Å²) in [5.74, 6) is 0.377. The lowest BCUT2D eigenvalue weighted by atomic mass is 10.2. The van der Waals surface area contributed by atoms with Gasteiger partial charge in [0.1, 0.15) is 0 Å². The van der Waals surface area contributed by atoms with E-state index in [0.717, 1.165) is 5.56 Å². The molecular formula is C13H13N3O2. The molecule has 5 heteroatoms. The van der Waals surface area contributed by atoms with Crippen molar-refractivity contribution in [2.24, 2.45) is 0 Å². The quantitative estimate of drug-likeness (QED) is 0.882. The zero-order valence-corrected chi connectivity index (χ0v) is 9.96. The van der Waals surface area contributed by atoms with Gasteiger partial charge in [-0.25, -0.2) is 4.98 Å². The molecule has 0 aliphatic carbocycles. The van der Waals surface area contributed by atoms with Gasteiger partial charge in [0.15, 0.2) is 0 Å². The van der Waals surface area contributed by atoms with Crippen molar-refractivity contribution in [3.63, 3.8) is 0 Å².